The van der Waals surface area contributed by atoms with Gasteiger partial charge >= 0.3 is 13.3 Å². The average Bonchev–Trinajstić information content (AvgIpc) is 2.40. The van der Waals surface area contributed by atoms with Gasteiger partial charge in [0.1, 0.15) is 0 Å². The Balaban J connectivity index is 1.85. The molecule has 2 rings (SSSR count). The molecule has 1 aromatic rings. The Hall–Kier alpha value is -1.09. The van der Waals surface area contributed by atoms with Crippen LogP contribution in [0, 0.1) is 0 Å². The van der Waals surface area contributed by atoms with Gasteiger partial charge in [0.15, 0.2) is 0 Å². The van der Waals surface area contributed by atoms with Gasteiger partial charge in [-0.3, -0.25) is 9.80 Å². The Morgan fingerprint density at radius 3 is 2.24 bits per heavy atom. The molecule has 1 aliphatic heterocycles. The first-order valence-corrected chi connectivity index (χ1v) is 6.80. The van der Waals surface area contributed by atoms with Crippen LogP contribution in [0.2, 0.25) is 0 Å². The van der Waals surface area contributed by atoms with Gasteiger partial charge in [0.2, 0.25) is 0 Å². The average molecular weight is 302 g/mol. The van der Waals surface area contributed by atoms with Gasteiger partial charge in [-0.15, -0.1) is 0 Å². The number of piperazine rings is 1. The normalized spacial score (nSPS) is 18.0. The molecule has 1 aliphatic rings. The van der Waals surface area contributed by atoms with E-state index < -0.39 is 19.8 Å². The van der Waals surface area contributed by atoms with E-state index in [1.807, 2.05) is 6.07 Å². The number of hydrogen-bond donors (Lipinski definition) is 2. The molecule has 8 heteroatoms. The van der Waals surface area contributed by atoms with E-state index in [2.05, 4.69) is 4.90 Å². The largest absolute Gasteiger partial charge is 0.488 e. The molecule has 0 atom stereocenters. The summed E-state index contributed by atoms with van der Waals surface area (Å²) < 4.78 is 36.9. The van der Waals surface area contributed by atoms with Gasteiger partial charge in [-0.2, -0.15) is 13.2 Å². The second kappa shape index (κ2) is 6.78. The summed E-state index contributed by atoms with van der Waals surface area (Å²) in [6, 6.07) is 6.93. The van der Waals surface area contributed by atoms with Crippen LogP contribution in [-0.4, -0.2) is 65.9 Å². The first-order chi connectivity index (χ1) is 9.83. The fraction of sp³-hybridized carbons (Fsp3) is 0.538. The highest BCUT2D eigenvalue weighted by atomic mass is 19.4. The minimum atomic E-state index is -4.15. The highest BCUT2D eigenvalue weighted by Crippen LogP contribution is 2.18. The Labute approximate surface area is 121 Å². The molecule has 116 valence electrons. The maximum atomic E-state index is 12.3. The molecule has 1 aromatic carbocycles. The zero-order valence-corrected chi connectivity index (χ0v) is 11.6. The lowest BCUT2D eigenvalue weighted by atomic mass is 9.79. The van der Waals surface area contributed by atoms with Crippen molar-refractivity contribution in [3.63, 3.8) is 0 Å². The van der Waals surface area contributed by atoms with E-state index in [9.17, 15) is 13.2 Å². The first kappa shape index (κ1) is 16.3. The quantitative estimate of drug-likeness (QED) is 0.772. The van der Waals surface area contributed by atoms with Gasteiger partial charge in [0, 0.05) is 32.7 Å². The van der Waals surface area contributed by atoms with Crippen LogP contribution < -0.4 is 5.46 Å². The fourth-order valence-corrected chi connectivity index (χ4v) is 2.47. The summed E-state index contributed by atoms with van der Waals surface area (Å²) in [6.07, 6.45) is -4.15. The molecule has 21 heavy (non-hydrogen) atoms. The summed E-state index contributed by atoms with van der Waals surface area (Å²) in [5.74, 6) is 0. The molecule has 1 fully saturated rings. The van der Waals surface area contributed by atoms with Crippen LogP contribution in [0.25, 0.3) is 0 Å². The Morgan fingerprint density at radius 2 is 1.67 bits per heavy atom. The van der Waals surface area contributed by atoms with Gasteiger partial charge < -0.3 is 10.0 Å². The summed E-state index contributed by atoms with van der Waals surface area (Å²) in [7, 11) is -1.51. The van der Waals surface area contributed by atoms with Crippen molar-refractivity contribution < 1.29 is 23.2 Å². The topological polar surface area (TPSA) is 46.9 Å². The molecule has 0 aliphatic carbocycles. The van der Waals surface area contributed by atoms with Crippen molar-refractivity contribution in [1.29, 1.82) is 0 Å². The van der Waals surface area contributed by atoms with E-state index in [4.69, 9.17) is 10.0 Å². The summed E-state index contributed by atoms with van der Waals surface area (Å²) in [4.78, 5) is 3.47. The third-order valence-electron chi connectivity index (χ3n) is 3.52. The molecule has 0 aromatic heterocycles. The van der Waals surface area contributed by atoms with E-state index in [1.165, 1.54) is 4.90 Å². The van der Waals surface area contributed by atoms with Crippen molar-refractivity contribution in [1.82, 2.24) is 9.80 Å². The van der Waals surface area contributed by atoms with Crippen molar-refractivity contribution >= 4 is 12.6 Å². The van der Waals surface area contributed by atoms with Gasteiger partial charge in [0.05, 0.1) is 6.54 Å². The standard InChI is InChI=1S/C13H18BF3N2O2/c15-13(16,17)10-19-6-4-18(5-7-19)9-11-2-1-3-12(8-11)14(20)21/h1-3,8,20-21H,4-7,9-10H2. The Kier molecular flexibility index (Phi) is 5.26. The molecule has 0 unspecified atom stereocenters. The van der Waals surface area contributed by atoms with Gasteiger partial charge in [-0.25, -0.2) is 0 Å². The van der Waals surface area contributed by atoms with Crippen LogP contribution in [-0.2, 0) is 6.54 Å². The molecular weight excluding hydrogens is 284 g/mol. The summed E-state index contributed by atoms with van der Waals surface area (Å²) in [5.41, 5.74) is 1.34. The van der Waals surface area contributed by atoms with E-state index in [1.54, 1.807) is 18.2 Å². The van der Waals surface area contributed by atoms with Crippen molar-refractivity contribution in [2.75, 3.05) is 32.7 Å². The summed E-state index contributed by atoms with van der Waals surface area (Å²) >= 11 is 0. The lowest BCUT2D eigenvalue weighted by Crippen LogP contribution is -2.48. The predicted molar refractivity (Wildman–Crippen MR) is 74.0 cm³/mol. The minimum Gasteiger partial charge on any atom is -0.423 e. The van der Waals surface area contributed by atoms with E-state index in [0.717, 1.165) is 5.56 Å². The number of alkyl halides is 3. The molecule has 0 spiro atoms. The number of hydrogen-bond acceptors (Lipinski definition) is 4. The smallest absolute Gasteiger partial charge is 0.423 e. The SMILES string of the molecule is OB(O)c1cccc(CN2CCN(CC(F)(F)F)CC2)c1. The van der Waals surface area contributed by atoms with Crippen molar-refractivity contribution in [2.24, 2.45) is 0 Å². The van der Waals surface area contributed by atoms with Crippen LogP contribution in [0.15, 0.2) is 24.3 Å². The molecule has 0 saturated carbocycles. The maximum absolute atomic E-state index is 12.3. The highest BCUT2D eigenvalue weighted by Gasteiger charge is 2.32. The van der Waals surface area contributed by atoms with Crippen LogP contribution in [0.5, 0.6) is 0 Å². The Bertz CT molecular complexity index is 463. The number of halogens is 3. The second-order valence-electron chi connectivity index (χ2n) is 5.29. The van der Waals surface area contributed by atoms with E-state index in [-0.39, 0.29) is 0 Å². The van der Waals surface area contributed by atoms with Crippen molar-refractivity contribution in [3.8, 4) is 0 Å². The molecule has 2 N–H and O–H groups in total. The van der Waals surface area contributed by atoms with Crippen molar-refractivity contribution in [2.45, 2.75) is 12.7 Å². The van der Waals surface area contributed by atoms with E-state index >= 15 is 0 Å². The minimum absolute atomic E-state index is 0.391. The van der Waals surface area contributed by atoms with Crippen LogP contribution in [0.3, 0.4) is 0 Å². The lowest BCUT2D eigenvalue weighted by Gasteiger charge is -2.35. The molecule has 1 heterocycles. The van der Waals surface area contributed by atoms with Gasteiger partial charge in [-0.05, 0) is 11.0 Å². The monoisotopic (exact) mass is 302 g/mol. The lowest BCUT2D eigenvalue weighted by molar-refractivity contribution is -0.149. The summed E-state index contributed by atoms with van der Waals surface area (Å²) in [5, 5.41) is 18.3. The van der Waals surface area contributed by atoms with Crippen LogP contribution in [0.1, 0.15) is 5.56 Å². The molecule has 0 amide bonds. The molecule has 0 radical (unpaired) electrons. The molecule has 4 nitrogen and oxygen atoms in total. The first-order valence-electron chi connectivity index (χ1n) is 6.80. The zero-order chi connectivity index (χ0) is 15.5. The predicted octanol–water partition coefficient (Wildman–Crippen LogP) is 0.0463. The number of benzene rings is 1. The number of rotatable bonds is 4. The van der Waals surface area contributed by atoms with Gasteiger partial charge in [-0.1, -0.05) is 24.3 Å². The molecular formula is C13H18BF3N2O2. The maximum Gasteiger partial charge on any atom is 0.488 e. The third kappa shape index (κ3) is 5.31. The van der Waals surface area contributed by atoms with Gasteiger partial charge in [0.25, 0.3) is 0 Å². The van der Waals surface area contributed by atoms with Crippen LogP contribution >= 0.6 is 0 Å². The molecule has 1 saturated heterocycles. The molecule has 0 bridgehead atoms. The number of nitrogens with zero attached hydrogens (tertiary/aromatic N) is 2. The highest BCUT2D eigenvalue weighted by molar-refractivity contribution is 6.58. The fourth-order valence-electron chi connectivity index (χ4n) is 2.47. The zero-order valence-electron chi connectivity index (χ0n) is 11.6. The summed E-state index contributed by atoms with van der Waals surface area (Å²) in [6.45, 7) is 1.67. The van der Waals surface area contributed by atoms with Crippen molar-refractivity contribution in [3.05, 3.63) is 29.8 Å². The van der Waals surface area contributed by atoms with Crippen LogP contribution in [0.4, 0.5) is 13.2 Å². The van der Waals surface area contributed by atoms with E-state index in [0.29, 0.717) is 38.2 Å². The third-order valence-corrected chi connectivity index (χ3v) is 3.52. The Morgan fingerprint density at radius 1 is 1.05 bits per heavy atom. The second-order valence-corrected chi connectivity index (χ2v) is 5.29.